The number of rotatable bonds is 5. The molecule has 0 aliphatic carbocycles. The van der Waals surface area contributed by atoms with Gasteiger partial charge in [-0.05, 0) is 52.9 Å². The van der Waals surface area contributed by atoms with Crippen molar-refractivity contribution >= 4 is 0 Å². The first-order valence-electron chi connectivity index (χ1n) is 7.78. The van der Waals surface area contributed by atoms with Crippen LogP contribution in [0.25, 0.3) is 0 Å². The minimum Gasteiger partial charge on any atom is -0.311 e. The first-order chi connectivity index (χ1) is 8.26. The third-order valence-corrected chi connectivity index (χ3v) is 4.31. The van der Waals surface area contributed by atoms with E-state index in [0.717, 1.165) is 24.5 Å². The van der Waals surface area contributed by atoms with Crippen molar-refractivity contribution in [3.05, 3.63) is 0 Å². The molecule has 0 radical (unpaired) electrons. The molecule has 18 heavy (non-hydrogen) atoms. The van der Waals surface area contributed by atoms with Gasteiger partial charge in [0.25, 0.3) is 0 Å². The molecule has 1 aliphatic heterocycles. The largest absolute Gasteiger partial charge is 0.311 e. The summed E-state index contributed by atoms with van der Waals surface area (Å²) in [5.41, 5.74) is 0.220. The fourth-order valence-corrected chi connectivity index (χ4v) is 3.20. The minimum atomic E-state index is 0.220. The van der Waals surface area contributed by atoms with Crippen LogP contribution in [0.4, 0.5) is 0 Å². The Kier molecular flexibility index (Phi) is 5.67. The summed E-state index contributed by atoms with van der Waals surface area (Å²) in [5, 5.41) is 3.70. The van der Waals surface area contributed by atoms with Crippen molar-refractivity contribution in [3.63, 3.8) is 0 Å². The van der Waals surface area contributed by atoms with Gasteiger partial charge in [0.2, 0.25) is 0 Å². The third kappa shape index (κ3) is 4.24. The molecule has 1 saturated heterocycles. The molecule has 1 heterocycles. The van der Waals surface area contributed by atoms with Crippen molar-refractivity contribution in [3.8, 4) is 0 Å². The Labute approximate surface area is 115 Å². The molecule has 2 heteroatoms. The second-order valence-electron chi connectivity index (χ2n) is 7.38. The smallest absolute Gasteiger partial charge is 0.0249 e. The molecule has 1 N–H and O–H groups in total. The van der Waals surface area contributed by atoms with Crippen LogP contribution in [0.15, 0.2) is 0 Å². The fraction of sp³-hybridized carbons (Fsp3) is 1.00. The average Bonchev–Trinajstić information content (AvgIpc) is 2.59. The van der Waals surface area contributed by atoms with Crippen LogP contribution in [0, 0.1) is 5.92 Å². The van der Waals surface area contributed by atoms with Gasteiger partial charge in [-0.15, -0.1) is 0 Å². The topological polar surface area (TPSA) is 15.3 Å². The summed E-state index contributed by atoms with van der Waals surface area (Å²) in [6, 6.07) is 2.23. The molecule has 108 valence electrons. The van der Waals surface area contributed by atoms with Crippen LogP contribution >= 0.6 is 0 Å². The lowest BCUT2D eigenvalue weighted by atomic mass is 9.98. The lowest BCUT2D eigenvalue weighted by Gasteiger charge is -2.40. The van der Waals surface area contributed by atoms with E-state index in [1.807, 2.05) is 0 Å². The quantitative estimate of drug-likeness (QED) is 0.805. The van der Waals surface area contributed by atoms with Gasteiger partial charge in [-0.3, -0.25) is 4.90 Å². The van der Waals surface area contributed by atoms with E-state index < -0.39 is 0 Å². The summed E-state index contributed by atoms with van der Waals surface area (Å²) in [5.74, 6) is 0.717. The van der Waals surface area contributed by atoms with Crippen molar-refractivity contribution in [2.45, 2.75) is 91.4 Å². The summed E-state index contributed by atoms with van der Waals surface area (Å²) >= 11 is 0. The van der Waals surface area contributed by atoms with Gasteiger partial charge in [-0.2, -0.15) is 0 Å². The zero-order valence-corrected chi connectivity index (χ0v) is 13.6. The first kappa shape index (κ1) is 16.0. The summed E-state index contributed by atoms with van der Waals surface area (Å²) in [4.78, 5) is 2.80. The van der Waals surface area contributed by atoms with E-state index in [-0.39, 0.29) is 5.54 Å². The maximum absolute atomic E-state index is 3.70. The molecular weight excluding hydrogens is 220 g/mol. The molecule has 3 atom stereocenters. The predicted molar refractivity (Wildman–Crippen MR) is 81.0 cm³/mol. The molecule has 1 aliphatic rings. The number of likely N-dealkylation sites (tertiary alicyclic amines) is 1. The summed E-state index contributed by atoms with van der Waals surface area (Å²) in [6.45, 7) is 17.4. The van der Waals surface area contributed by atoms with Crippen LogP contribution in [-0.2, 0) is 0 Å². The Morgan fingerprint density at radius 3 is 2.28 bits per heavy atom. The average molecular weight is 254 g/mol. The van der Waals surface area contributed by atoms with Gasteiger partial charge >= 0.3 is 0 Å². The Morgan fingerprint density at radius 1 is 1.22 bits per heavy atom. The van der Waals surface area contributed by atoms with Crippen molar-refractivity contribution in [1.82, 2.24) is 10.2 Å². The lowest BCUT2D eigenvalue weighted by molar-refractivity contribution is 0.0938. The number of hydrogen-bond donors (Lipinski definition) is 1. The fourth-order valence-electron chi connectivity index (χ4n) is 3.20. The maximum Gasteiger partial charge on any atom is 0.0249 e. The maximum atomic E-state index is 3.70. The highest BCUT2D eigenvalue weighted by Crippen LogP contribution is 2.30. The third-order valence-electron chi connectivity index (χ3n) is 4.31. The van der Waals surface area contributed by atoms with E-state index in [4.69, 9.17) is 0 Å². The Morgan fingerprint density at radius 2 is 1.83 bits per heavy atom. The van der Waals surface area contributed by atoms with Crippen LogP contribution in [0.2, 0.25) is 0 Å². The van der Waals surface area contributed by atoms with Crippen LogP contribution < -0.4 is 5.32 Å². The van der Waals surface area contributed by atoms with E-state index in [9.17, 15) is 0 Å². The molecule has 3 unspecified atom stereocenters. The molecule has 0 aromatic carbocycles. The standard InChI is InChI=1S/C16H34N2/c1-8-14-10-9-13(4)18(14)15(12(2)3)11-17-16(5,6)7/h12-15,17H,8-11H2,1-7H3. The van der Waals surface area contributed by atoms with Gasteiger partial charge in [-0.25, -0.2) is 0 Å². The summed E-state index contributed by atoms with van der Waals surface area (Å²) in [6.07, 6.45) is 4.05. The number of nitrogens with zero attached hydrogens (tertiary/aromatic N) is 1. The lowest BCUT2D eigenvalue weighted by Crippen LogP contribution is -2.53. The molecule has 2 nitrogen and oxygen atoms in total. The van der Waals surface area contributed by atoms with Crippen LogP contribution in [0.5, 0.6) is 0 Å². The van der Waals surface area contributed by atoms with Gasteiger partial charge in [0.05, 0.1) is 0 Å². The van der Waals surface area contributed by atoms with Gasteiger partial charge in [0.1, 0.15) is 0 Å². The Balaban J connectivity index is 2.71. The number of nitrogens with one attached hydrogen (secondary N) is 1. The number of hydrogen-bond acceptors (Lipinski definition) is 2. The molecule has 0 bridgehead atoms. The predicted octanol–water partition coefficient (Wildman–Crippen LogP) is 3.66. The van der Waals surface area contributed by atoms with Gasteiger partial charge in [-0.1, -0.05) is 20.8 Å². The Hall–Kier alpha value is -0.0800. The van der Waals surface area contributed by atoms with Gasteiger partial charge in [0.15, 0.2) is 0 Å². The molecule has 1 rings (SSSR count). The van der Waals surface area contributed by atoms with Crippen LogP contribution in [0.1, 0.15) is 67.7 Å². The van der Waals surface area contributed by atoms with E-state index >= 15 is 0 Å². The van der Waals surface area contributed by atoms with Crippen molar-refractivity contribution < 1.29 is 0 Å². The van der Waals surface area contributed by atoms with Crippen LogP contribution in [-0.4, -0.2) is 35.1 Å². The molecule has 0 spiro atoms. The first-order valence-corrected chi connectivity index (χ1v) is 7.78. The SMILES string of the molecule is CCC1CCC(C)N1C(CNC(C)(C)C)C(C)C. The highest BCUT2D eigenvalue weighted by molar-refractivity contribution is 4.92. The zero-order chi connectivity index (χ0) is 13.9. The van der Waals surface area contributed by atoms with E-state index in [1.165, 1.54) is 19.3 Å². The van der Waals surface area contributed by atoms with Gasteiger partial charge in [0, 0.05) is 30.2 Å². The highest BCUT2D eigenvalue weighted by Gasteiger charge is 2.36. The normalized spacial score (nSPS) is 28.0. The second-order valence-corrected chi connectivity index (χ2v) is 7.38. The highest BCUT2D eigenvalue weighted by atomic mass is 15.3. The summed E-state index contributed by atoms with van der Waals surface area (Å²) in [7, 11) is 0. The Bertz CT molecular complexity index is 242. The molecule has 0 aromatic heterocycles. The molecule has 0 amide bonds. The van der Waals surface area contributed by atoms with Crippen molar-refractivity contribution in [1.29, 1.82) is 0 Å². The van der Waals surface area contributed by atoms with Crippen molar-refractivity contribution in [2.24, 2.45) is 5.92 Å². The van der Waals surface area contributed by atoms with Crippen LogP contribution in [0.3, 0.4) is 0 Å². The molecule has 1 fully saturated rings. The summed E-state index contributed by atoms with van der Waals surface area (Å²) < 4.78 is 0. The second kappa shape index (κ2) is 6.38. The monoisotopic (exact) mass is 254 g/mol. The van der Waals surface area contributed by atoms with Crippen molar-refractivity contribution in [2.75, 3.05) is 6.54 Å². The minimum absolute atomic E-state index is 0.220. The van der Waals surface area contributed by atoms with E-state index in [1.54, 1.807) is 0 Å². The van der Waals surface area contributed by atoms with Gasteiger partial charge < -0.3 is 5.32 Å². The molecular formula is C16H34N2. The molecule has 0 saturated carbocycles. The molecule has 0 aromatic rings. The van der Waals surface area contributed by atoms with E-state index in [2.05, 4.69) is 58.7 Å². The zero-order valence-electron chi connectivity index (χ0n) is 13.6. The van der Waals surface area contributed by atoms with E-state index in [0.29, 0.717) is 6.04 Å².